The van der Waals surface area contributed by atoms with Crippen LogP contribution in [0, 0.1) is 18.8 Å². The zero-order valence-electron chi connectivity index (χ0n) is 25.1. The molecule has 0 bridgehead atoms. The van der Waals surface area contributed by atoms with E-state index in [0.717, 1.165) is 55.8 Å². The molecule has 2 aliphatic heterocycles. The van der Waals surface area contributed by atoms with Crippen molar-refractivity contribution in [2.24, 2.45) is 11.8 Å². The molecule has 1 aliphatic carbocycles. The predicted octanol–water partition coefficient (Wildman–Crippen LogP) is 3.38. The molecule has 3 heterocycles. The third-order valence-electron chi connectivity index (χ3n) is 9.50. The molecule has 5 nitrogen and oxygen atoms in total. The first-order valence-electron chi connectivity index (χ1n) is 15.2. The van der Waals surface area contributed by atoms with Gasteiger partial charge in [-0.3, -0.25) is 9.88 Å². The molecule has 3 aliphatic rings. The number of likely N-dealkylation sites (tertiary alicyclic amines) is 1. The van der Waals surface area contributed by atoms with Crippen molar-refractivity contribution < 1.29 is 44.2 Å². The van der Waals surface area contributed by atoms with Crippen molar-refractivity contribution in [3.05, 3.63) is 82.7 Å². The van der Waals surface area contributed by atoms with Crippen LogP contribution in [-0.2, 0) is 17.8 Å². The minimum Gasteiger partial charge on any atom is -0.550 e. The maximum Gasteiger partial charge on any atom is 1.00 e. The number of ether oxygens (including phenoxy) is 1. The van der Waals surface area contributed by atoms with E-state index in [4.69, 9.17) is 4.74 Å². The fourth-order valence-electron chi connectivity index (χ4n) is 6.96. The van der Waals surface area contributed by atoms with Gasteiger partial charge in [0.15, 0.2) is 0 Å². The maximum atomic E-state index is 11.8. The van der Waals surface area contributed by atoms with E-state index in [9.17, 15) is 9.90 Å². The van der Waals surface area contributed by atoms with E-state index in [-0.39, 0.29) is 41.6 Å². The Morgan fingerprint density at radius 3 is 2.59 bits per heavy atom. The van der Waals surface area contributed by atoms with Crippen LogP contribution < -0.4 is 39.4 Å². The smallest absolute Gasteiger partial charge is 0.550 e. The van der Waals surface area contributed by atoms with Crippen LogP contribution in [0.2, 0.25) is 0 Å². The van der Waals surface area contributed by atoms with Crippen molar-refractivity contribution in [3.8, 4) is 16.9 Å². The molecule has 0 radical (unpaired) electrons. The second kappa shape index (κ2) is 13.0. The summed E-state index contributed by atoms with van der Waals surface area (Å²) in [5.41, 5.74) is 8.33. The molecule has 3 aromatic rings. The standard InChI is InChI=1S/C35H42N2O3.Na/c1-22-18-28(15-16-36-22)27-11-13-31(30(19-27)21-37-17-5-4-6-23(37)2)32-14-12-25-7-10-29(20-33(25)40-32)34(26-8-9-26)24(3)35(38)39;/h7,10-11,13,15-16,18-20,23-24,26,32,34H,4-6,8-9,12,14,17,21H2,1-3H3,(H,38,39);/q;+1/p-1/t23-,24+,32?,34+;/m1./s1. The van der Waals surface area contributed by atoms with Gasteiger partial charge in [-0.25, -0.2) is 0 Å². The van der Waals surface area contributed by atoms with E-state index in [1.54, 1.807) is 6.92 Å². The first-order chi connectivity index (χ1) is 19.4. The molecule has 210 valence electrons. The average molecular weight is 561 g/mol. The molecule has 6 heteroatoms. The van der Waals surface area contributed by atoms with Crippen LogP contribution in [0.4, 0.5) is 0 Å². The van der Waals surface area contributed by atoms with E-state index in [0.29, 0.717) is 12.0 Å². The molecule has 41 heavy (non-hydrogen) atoms. The van der Waals surface area contributed by atoms with Gasteiger partial charge in [-0.2, -0.15) is 0 Å². The second-order valence-corrected chi connectivity index (χ2v) is 12.4. The Hall–Kier alpha value is -2.18. The molecular formula is C35H41N2NaO3. The number of fused-ring (bicyclic) bond motifs is 1. The van der Waals surface area contributed by atoms with Gasteiger partial charge < -0.3 is 14.6 Å². The summed E-state index contributed by atoms with van der Waals surface area (Å²) in [6.07, 6.45) is 9.74. The molecule has 2 fully saturated rings. The van der Waals surface area contributed by atoms with Gasteiger partial charge in [0.05, 0.1) is 0 Å². The Balaban J connectivity index is 0.00000337. The number of aryl methyl sites for hydroxylation is 2. The minimum absolute atomic E-state index is 0. The summed E-state index contributed by atoms with van der Waals surface area (Å²) in [7, 11) is 0. The van der Waals surface area contributed by atoms with Gasteiger partial charge in [0, 0.05) is 36.4 Å². The molecule has 1 saturated heterocycles. The molecule has 1 aromatic heterocycles. The number of rotatable bonds is 8. The summed E-state index contributed by atoms with van der Waals surface area (Å²) >= 11 is 0. The van der Waals surface area contributed by atoms with Crippen LogP contribution in [0.3, 0.4) is 0 Å². The Morgan fingerprint density at radius 2 is 1.85 bits per heavy atom. The van der Waals surface area contributed by atoms with Crippen molar-refractivity contribution in [1.29, 1.82) is 0 Å². The van der Waals surface area contributed by atoms with Crippen molar-refractivity contribution in [2.75, 3.05) is 6.54 Å². The first-order valence-corrected chi connectivity index (χ1v) is 15.2. The summed E-state index contributed by atoms with van der Waals surface area (Å²) in [5.74, 6) is -0.149. The fourth-order valence-corrected chi connectivity index (χ4v) is 6.96. The maximum absolute atomic E-state index is 11.8. The number of benzene rings is 2. The van der Waals surface area contributed by atoms with Crippen LogP contribution in [0.15, 0.2) is 54.7 Å². The molecule has 0 spiro atoms. The summed E-state index contributed by atoms with van der Waals surface area (Å²) in [6, 6.07) is 18.1. The van der Waals surface area contributed by atoms with Crippen LogP contribution in [-0.4, -0.2) is 28.4 Å². The minimum atomic E-state index is -0.963. The molecule has 0 amide bonds. The summed E-state index contributed by atoms with van der Waals surface area (Å²) in [5, 5.41) is 11.8. The Labute approximate surface area is 267 Å². The molecule has 0 N–H and O–H groups in total. The normalized spacial score (nSPS) is 22.1. The quantitative estimate of drug-likeness (QED) is 0.396. The van der Waals surface area contributed by atoms with Crippen LogP contribution in [0.1, 0.15) is 92.3 Å². The summed E-state index contributed by atoms with van der Waals surface area (Å²) < 4.78 is 6.78. The monoisotopic (exact) mass is 560 g/mol. The first kappa shape index (κ1) is 30.3. The molecule has 4 atom stereocenters. The van der Waals surface area contributed by atoms with Crippen molar-refractivity contribution >= 4 is 5.97 Å². The van der Waals surface area contributed by atoms with Gasteiger partial charge in [-0.1, -0.05) is 37.6 Å². The van der Waals surface area contributed by atoms with Gasteiger partial charge in [0.2, 0.25) is 0 Å². The van der Waals surface area contributed by atoms with Crippen molar-refractivity contribution in [1.82, 2.24) is 9.88 Å². The number of hydrogen-bond donors (Lipinski definition) is 0. The predicted molar refractivity (Wildman–Crippen MR) is 156 cm³/mol. The molecule has 2 aromatic carbocycles. The van der Waals surface area contributed by atoms with E-state index in [2.05, 4.69) is 65.3 Å². The van der Waals surface area contributed by atoms with Crippen LogP contribution in [0.5, 0.6) is 5.75 Å². The number of carboxylic acid groups (broad SMARTS) is 1. The molecule has 6 rings (SSSR count). The average Bonchev–Trinajstić information content (AvgIpc) is 3.79. The van der Waals surface area contributed by atoms with Gasteiger partial charge in [-0.15, -0.1) is 0 Å². The number of pyridine rings is 1. The number of carbonyl (C=O) groups is 1. The van der Waals surface area contributed by atoms with Crippen molar-refractivity contribution in [2.45, 2.75) is 90.3 Å². The van der Waals surface area contributed by atoms with Gasteiger partial charge in [0.25, 0.3) is 0 Å². The molecule has 1 unspecified atom stereocenters. The third-order valence-corrected chi connectivity index (χ3v) is 9.50. The van der Waals surface area contributed by atoms with Crippen molar-refractivity contribution in [3.63, 3.8) is 0 Å². The van der Waals surface area contributed by atoms with Gasteiger partial charge in [0.1, 0.15) is 11.9 Å². The zero-order chi connectivity index (χ0) is 27.8. The van der Waals surface area contributed by atoms with Gasteiger partial charge >= 0.3 is 29.6 Å². The summed E-state index contributed by atoms with van der Waals surface area (Å²) in [6.45, 7) is 8.25. The number of hydrogen-bond acceptors (Lipinski definition) is 5. The third kappa shape index (κ3) is 6.74. The van der Waals surface area contributed by atoms with E-state index in [1.165, 1.54) is 47.1 Å². The largest absolute Gasteiger partial charge is 1.00 e. The number of carboxylic acids is 1. The number of piperidine rings is 1. The Morgan fingerprint density at radius 1 is 1.05 bits per heavy atom. The number of carbonyl (C=O) groups excluding carboxylic acids is 1. The summed E-state index contributed by atoms with van der Waals surface area (Å²) in [4.78, 5) is 18.8. The molecular weight excluding hydrogens is 519 g/mol. The van der Waals surface area contributed by atoms with E-state index >= 15 is 0 Å². The van der Waals surface area contributed by atoms with Gasteiger partial charge in [-0.05, 0) is 128 Å². The zero-order valence-corrected chi connectivity index (χ0v) is 27.1. The fraction of sp³-hybridized carbons (Fsp3) is 0.486. The number of aromatic nitrogens is 1. The Kier molecular flexibility index (Phi) is 9.60. The molecule has 1 saturated carbocycles. The Bertz CT molecular complexity index is 1390. The topological polar surface area (TPSA) is 65.5 Å². The van der Waals surface area contributed by atoms with Crippen LogP contribution in [0.25, 0.3) is 11.1 Å². The number of aliphatic carboxylic acids is 1. The van der Waals surface area contributed by atoms with Crippen LogP contribution >= 0.6 is 0 Å². The number of nitrogens with zero attached hydrogens (tertiary/aromatic N) is 2. The van der Waals surface area contributed by atoms with E-state index < -0.39 is 11.9 Å². The second-order valence-electron chi connectivity index (χ2n) is 12.4. The van der Waals surface area contributed by atoms with E-state index in [1.807, 2.05) is 13.1 Å². The SMILES string of the molecule is Cc1cc(-c2ccc(C3CCc4ccc([C@H](C5CC5)[C@H](C)C(=O)[O-])cc4O3)c(CN3CCCC[C@H]3C)c2)ccn1.[Na+].